The molecule has 0 bridgehead atoms. The van der Waals surface area contributed by atoms with Gasteiger partial charge in [0.25, 0.3) is 5.95 Å². The molecule has 1 atom stereocenters. The van der Waals surface area contributed by atoms with E-state index >= 15 is 0 Å². The van der Waals surface area contributed by atoms with E-state index in [2.05, 4.69) is 35.8 Å². The second kappa shape index (κ2) is 5.88. The van der Waals surface area contributed by atoms with Crippen molar-refractivity contribution < 1.29 is 9.26 Å². The number of anilines is 1. The first-order valence-electron chi connectivity index (χ1n) is 6.86. The Labute approximate surface area is 114 Å². The summed E-state index contributed by atoms with van der Waals surface area (Å²) >= 11 is 0. The quantitative estimate of drug-likeness (QED) is 0.889. The molecule has 2 rings (SSSR count). The van der Waals surface area contributed by atoms with Crippen LogP contribution in [0.2, 0.25) is 0 Å². The maximum atomic E-state index is 5.84. The highest BCUT2D eigenvalue weighted by atomic mass is 16.5. The van der Waals surface area contributed by atoms with Crippen LogP contribution in [-0.4, -0.2) is 43.0 Å². The molecule has 2 N–H and O–H groups in total. The van der Waals surface area contributed by atoms with Crippen molar-refractivity contribution in [2.75, 3.05) is 37.7 Å². The van der Waals surface area contributed by atoms with Crippen LogP contribution in [0.4, 0.5) is 5.95 Å². The average molecular weight is 268 g/mol. The van der Waals surface area contributed by atoms with Gasteiger partial charge in [-0.3, -0.25) is 0 Å². The molecule has 19 heavy (non-hydrogen) atoms. The van der Waals surface area contributed by atoms with E-state index < -0.39 is 0 Å². The lowest BCUT2D eigenvalue weighted by molar-refractivity contribution is 0.121. The van der Waals surface area contributed by atoms with Crippen molar-refractivity contribution in [1.82, 2.24) is 10.1 Å². The van der Waals surface area contributed by atoms with E-state index in [-0.39, 0.29) is 11.3 Å². The summed E-state index contributed by atoms with van der Waals surface area (Å²) in [5, 5.41) is 4.07. The van der Waals surface area contributed by atoms with Gasteiger partial charge in [-0.1, -0.05) is 20.8 Å². The maximum absolute atomic E-state index is 5.84. The van der Waals surface area contributed by atoms with Gasteiger partial charge in [0, 0.05) is 19.6 Å². The smallest absolute Gasteiger partial charge is 0.266 e. The number of rotatable bonds is 4. The summed E-state index contributed by atoms with van der Waals surface area (Å²) in [4.78, 5) is 6.59. The monoisotopic (exact) mass is 268 g/mol. The van der Waals surface area contributed by atoms with E-state index in [9.17, 15) is 0 Å². The third kappa shape index (κ3) is 3.91. The Morgan fingerprint density at radius 1 is 1.32 bits per heavy atom. The van der Waals surface area contributed by atoms with Gasteiger partial charge in [-0.2, -0.15) is 4.98 Å². The first kappa shape index (κ1) is 14.3. The van der Waals surface area contributed by atoms with Crippen molar-refractivity contribution in [2.24, 2.45) is 11.1 Å². The van der Waals surface area contributed by atoms with Crippen LogP contribution in [-0.2, 0) is 4.74 Å². The van der Waals surface area contributed by atoms with Gasteiger partial charge < -0.3 is 19.9 Å². The first-order valence-corrected chi connectivity index (χ1v) is 6.86. The molecular formula is C13H24N4O2. The summed E-state index contributed by atoms with van der Waals surface area (Å²) in [6.45, 7) is 10.1. The number of hydrogen-bond acceptors (Lipinski definition) is 6. The Morgan fingerprint density at radius 3 is 2.58 bits per heavy atom. The molecule has 108 valence electrons. The van der Waals surface area contributed by atoms with Crippen LogP contribution in [0, 0.1) is 5.41 Å². The lowest BCUT2D eigenvalue weighted by Crippen LogP contribution is -2.36. The number of aromatic nitrogens is 2. The van der Waals surface area contributed by atoms with E-state index in [1.807, 2.05) is 0 Å². The molecule has 6 heteroatoms. The van der Waals surface area contributed by atoms with Crippen LogP contribution in [0.3, 0.4) is 0 Å². The standard InChI is InChI=1S/C13H24N4O2/c1-13(2,3)8-10(9-14)11-15-12(16-19-11)17-4-6-18-7-5-17/h10H,4-9,14H2,1-3H3. The van der Waals surface area contributed by atoms with Crippen molar-refractivity contribution in [3.63, 3.8) is 0 Å². The van der Waals surface area contributed by atoms with Crippen molar-refractivity contribution in [2.45, 2.75) is 33.1 Å². The number of hydrogen-bond donors (Lipinski definition) is 1. The van der Waals surface area contributed by atoms with E-state index in [0.29, 0.717) is 31.6 Å². The largest absolute Gasteiger partial charge is 0.378 e. The molecule has 0 spiro atoms. The molecule has 0 amide bonds. The number of nitrogens with two attached hydrogens (primary N) is 1. The highest BCUT2D eigenvalue weighted by Gasteiger charge is 2.25. The van der Waals surface area contributed by atoms with E-state index in [1.54, 1.807) is 0 Å². The Bertz CT molecular complexity index is 394. The lowest BCUT2D eigenvalue weighted by atomic mass is 9.84. The number of morpholine rings is 1. The van der Waals surface area contributed by atoms with Gasteiger partial charge in [-0.15, -0.1) is 0 Å². The molecule has 2 heterocycles. The van der Waals surface area contributed by atoms with Crippen molar-refractivity contribution >= 4 is 5.95 Å². The minimum absolute atomic E-state index is 0.127. The number of ether oxygens (including phenoxy) is 1. The van der Waals surface area contributed by atoms with Gasteiger partial charge in [0.15, 0.2) is 0 Å². The Balaban J connectivity index is 2.05. The highest BCUT2D eigenvalue weighted by molar-refractivity contribution is 5.28. The first-order chi connectivity index (χ1) is 8.99. The van der Waals surface area contributed by atoms with Gasteiger partial charge in [-0.05, 0) is 17.0 Å². The van der Waals surface area contributed by atoms with Gasteiger partial charge in [0.2, 0.25) is 5.89 Å². The molecule has 1 aromatic rings. The molecule has 0 aliphatic carbocycles. The summed E-state index contributed by atoms with van der Waals surface area (Å²) in [5.74, 6) is 1.44. The fraction of sp³-hybridized carbons (Fsp3) is 0.846. The maximum Gasteiger partial charge on any atom is 0.266 e. The molecule has 1 aliphatic heterocycles. The van der Waals surface area contributed by atoms with Crippen LogP contribution in [0.15, 0.2) is 4.52 Å². The van der Waals surface area contributed by atoms with E-state index in [1.165, 1.54) is 0 Å². The average Bonchev–Trinajstić information content (AvgIpc) is 2.85. The highest BCUT2D eigenvalue weighted by Crippen LogP contribution is 2.30. The van der Waals surface area contributed by atoms with Gasteiger partial charge in [0.1, 0.15) is 0 Å². The molecule has 0 radical (unpaired) electrons. The third-order valence-corrected chi connectivity index (χ3v) is 3.22. The minimum Gasteiger partial charge on any atom is -0.378 e. The van der Waals surface area contributed by atoms with Crippen LogP contribution in [0.25, 0.3) is 0 Å². The van der Waals surface area contributed by atoms with E-state index in [0.717, 1.165) is 19.5 Å². The Morgan fingerprint density at radius 2 is 2.00 bits per heavy atom. The van der Waals surface area contributed by atoms with Crippen molar-refractivity contribution in [3.05, 3.63) is 5.89 Å². The predicted molar refractivity (Wildman–Crippen MR) is 73.2 cm³/mol. The molecule has 0 saturated carbocycles. The fourth-order valence-electron chi connectivity index (χ4n) is 2.30. The summed E-state index contributed by atoms with van der Waals surface area (Å²) in [6, 6.07) is 0. The normalized spacial score (nSPS) is 18.6. The lowest BCUT2D eigenvalue weighted by Gasteiger charge is -2.25. The van der Waals surface area contributed by atoms with E-state index in [4.69, 9.17) is 15.0 Å². The molecule has 1 saturated heterocycles. The zero-order chi connectivity index (χ0) is 13.9. The van der Waals surface area contributed by atoms with Crippen LogP contribution in [0.5, 0.6) is 0 Å². The Kier molecular flexibility index (Phi) is 4.42. The predicted octanol–water partition coefficient (Wildman–Crippen LogP) is 1.38. The third-order valence-electron chi connectivity index (χ3n) is 3.22. The Hall–Kier alpha value is -1.14. The summed E-state index contributed by atoms with van der Waals surface area (Å²) in [5.41, 5.74) is 6.03. The SMILES string of the molecule is CC(C)(C)CC(CN)c1nc(N2CCOCC2)no1. The second-order valence-electron chi connectivity index (χ2n) is 6.23. The van der Waals surface area contributed by atoms with Crippen LogP contribution < -0.4 is 10.6 Å². The van der Waals surface area contributed by atoms with Crippen LogP contribution >= 0.6 is 0 Å². The zero-order valence-corrected chi connectivity index (χ0v) is 12.1. The van der Waals surface area contributed by atoms with Gasteiger partial charge >= 0.3 is 0 Å². The van der Waals surface area contributed by atoms with Crippen molar-refractivity contribution in [1.29, 1.82) is 0 Å². The molecule has 1 unspecified atom stereocenters. The molecular weight excluding hydrogens is 244 g/mol. The summed E-state index contributed by atoms with van der Waals surface area (Å²) < 4.78 is 10.7. The molecule has 1 aromatic heterocycles. The summed E-state index contributed by atoms with van der Waals surface area (Å²) in [6.07, 6.45) is 0.939. The second-order valence-corrected chi connectivity index (χ2v) is 6.23. The fourth-order valence-corrected chi connectivity index (χ4v) is 2.30. The van der Waals surface area contributed by atoms with Gasteiger partial charge in [-0.25, -0.2) is 0 Å². The molecule has 1 aliphatic rings. The number of nitrogens with zero attached hydrogens (tertiary/aromatic N) is 3. The molecule has 1 fully saturated rings. The van der Waals surface area contributed by atoms with Crippen molar-refractivity contribution in [3.8, 4) is 0 Å². The topological polar surface area (TPSA) is 77.4 Å². The van der Waals surface area contributed by atoms with Crippen LogP contribution in [0.1, 0.15) is 39.0 Å². The zero-order valence-electron chi connectivity index (χ0n) is 12.1. The summed E-state index contributed by atoms with van der Waals surface area (Å²) in [7, 11) is 0. The van der Waals surface area contributed by atoms with Gasteiger partial charge in [0.05, 0.1) is 19.1 Å². The molecule has 0 aromatic carbocycles. The minimum atomic E-state index is 0.127. The molecule has 6 nitrogen and oxygen atoms in total.